The Morgan fingerprint density at radius 1 is 0.378 bits per heavy atom. The van der Waals surface area contributed by atoms with Crippen molar-refractivity contribution < 1.29 is 0 Å². The largest absolute Gasteiger partial charge is 0.309 e. The molecule has 210 valence electrons. The van der Waals surface area contributed by atoms with Gasteiger partial charge in [-0.2, -0.15) is 0 Å². The molecular formula is C42H27N3. The summed E-state index contributed by atoms with van der Waals surface area (Å²) in [6.45, 7) is 0. The SMILES string of the molecule is c1ccc(-c2cc(-c3cccc(-n4c5ccc6ccccc6c5c5c6ccccc6ccc54)c3)nc(-c3ccccc3)n2)cc1. The Hall–Kier alpha value is -6.06. The summed E-state index contributed by atoms with van der Waals surface area (Å²) in [5.41, 5.74) is 8.37. The molecule has 0 saturated heterocycles. The first-order chi connectivity index (χ1) is 22.3. The highest BCUT2D eigenvalue weighted by Gasteiger charge is 2.18. The van der Waals surface area contributed by atoms with Crippen LogP contribution in [0.25, 0.3) is 82.9 Å². The quantitative estimate of drug-likeness (QED) is 0.210. The maximum Gasteiger partial charge on any atom is 0.160 e. The van der Waals surface area contributed by atoms with Crippen LogP contribution < -0.4 is 0 Å². The zero-order chi connectivity index (χ0) is 29.7. The maximum absolute atomic E-state index is 5.11. The molecule has 3 nitrogen and oxygen atoms in total. The average Bonchev–Trinajstić information content (AvgIpc) is 3.48. The third-order valence-corrected chi connectivity index (χ3v) is 8.77. The number of benzene rings is 7. The van der Waals surface area contributed by atoms with Crippen LogP contribution in [0.5, 0.6) is 0 Å². The lowest BCUT2D eigenvalue weighted by Gasteiger charge is -2.12. The lowest BCUT2D eigenvalue weighted by molar-refractivity contribution is 1.16. The van der Waals surface area contributed by atoms with Crippen molar-refractivity contribution in [2.45, 2.75) is 0 Å². The van der Waals surface area contributed by atoms with Gasteiger partial charge < -0.3 is 4.57 Å². The van der Waals surface area contributed by atoms with Crippen LogP contribution in [0.1, 0.15) is 0 Å². The smallest absolute Gasteiger partial charge is 0.160 e. The molecule has 9 rings (SSSR count). The summed E-state index contributed by atoms with van der Waals surface area (Å²) in [4.78, 5) is 10.1. The summed E-state index contributed by atoms with van der Waals surface area (Å²) >= 11 is 0. The van der Waals surface area contributed by atoms with E-state index in [9.17, 15) is 0 Å². The van der Waals surface area contributed by atoms with Crippen LogP contribution in [0.4, 0.5) is 0 Å². The zero-order valence-electron chi connectivity index (χ0n) is 24.4. The van der Waals surface area contributed by atoms with Gasteiger partial charge in [0, 0.05) is 33.2 Å². The van der Waals surface area contributed by atoms with Crippen LogP contribution in [-0.2, 0) is 0 Å². The normalized spacial score (nSPS) is 11.6. The van der Waals surface area contributed by atoms with Gasteiger partial charge in [-0.1, -0.05) is 133 Å². The molecule has 0 unspecified atom stereocenters. The van der Waals surface area contributed by atoms with Crippen molar-refractivity contribution in [1.29, 1.82) is 0 Å². The first-order valence-corrected chi connectivity index (χ1v) is 15.3. The molecule has 0 bridgehead atoms. The van der Waals surface area contributed by atoms with E-state index < -0.39 is 0 Å². The van der Waals surface area contributed by atoms with Crippen LogP contribution in [0.15, 0.2) is 164 Å². The van der Waals surface area contributed by atoms with Gasteiger partial charge in [0.25, 0.3) is 0 Å². The number of fused-ring (bicyclic) bond motifs is 7. The Morgan fingerprint density at radius 3 is 1.51 bits per heavy atom. The second-order valence-electron chi connectivity index (χ2n) is 11.4. The van der Waals surface area contributed by atoms with Crippen molar-refractivity contribution in [2.24, 2.45) is 0 Å². The number of hydrogen-bond acceptors (Lipinski definition) is 2. The highest BCUT2D eigenvalue weighted by Crippen LogP contribution is 2.41. The van der Waals surface area contributed by atoms with Gasteiger partial charge in [0.1, 0.15) is 0 Å². The highest BCUT2D eigenvalue weighted by molar-refractivity contribution is 6.28. The van der Waals surface area contributed by atoms with Crippen LogP contribution in [-0.4, -0.2) is 14.5 Å². The Morgan fingerprint density at radius 2 is 0.889 bits per heavy atom. The summed E-state index contributed by atoms with van der Waals surface area (Å²) in [6.07, 6.45) is 0. The summed E-state index contributed by atoms with van der Waals surface area (Å²) in [5, 5.41) is 7.58. The van der Waals surface area contributed by atoms with Gasteiger partial charge >= 0.3 is 0 Å². The molecule has 0 fully saturated rings. The van der Waals surface area contributed by atoms with E-state index in [4.69, 9.17) is 9.97 Å². The zero-order valence-corrected chi connectivity index (χ0v) is 24.4. The van der Waals surface area contributed by atoms with E-state index in [1.165, 1.54) is 43.4 Å². The molecule has 45 heavy (non-hydrogen) atoms. The van der Waals surface area contributed by atoms with Crippen LogP contribution in [0, 0.1) is 0 Å². The molecule has 0 amide bonds. The van der Waals surface area contributed by atoms with Gasteiger partial charge in [0.2, 0.25) is 0 Å². The van der Waals surface area contributed by atoms with E-state index in [-0.39, 0.29) is 0 Å². The molecule has 0 atom stereocenters. The van der Waals surface area contributed by atoms with Crippen LogP contribution in [0.3, 0.4) is 0 Å². The van der Waals surface area contributed by atoms with Gasteiger partial charge in [-0.3, -0.25) is 0 Å². The lowest BCUT2D eigenvalue weighted by atomic mass is 10.00. The Bertz CT molecular complexity index is 2380. The summed E-state index contributed by atoms with van der Waals surface area (Å²) < 4.78 is 2.41. The Kier molecular flexibility index (Phi) is 5.82. The molecular weight excluding hydrogens is 546 g/mol. The van der Waals surface area contributed by atoms with E-state index in [1.54, 1.807) is 0 Å². The van der Waals surface area contributed by atoms with Gasteiger partial charge in [-0.25, -0.2) is 9.97 Å². The van der Waals surface area contributed by atoms with E-state index in [0.29, 0.717) is 5.82 Å². The Balaban J connectivity index is 1.31. The van der Waals surface area contributed by atoms with E-state index in [1.807, 2.05) is 24.3 Å². The third-order valence-electron chi connectivity index (χ3n) is 8.77. The predicted octanol–water partition coefficient (Wildman–Crippen LogP) is 10.9. The summed E-state index contributed by atoms with van der Waals surface area (Å²) in [6, 6.07) is 57.8. The molecule has 0 saturated carbocycles. The lowest BCUT2D eigenvalue weighted by Crippen LogP contribution is -1.97. The van der Waals surface area contributed by atoms with Crippen molar-refractivity contribution in [3.05, 3.63) is 164 Å². The second kappa shape index (κ2) is 10.3. The summed E-state index contributed by atoms with van der Waals surface area (Å²) in [5.74, 6) is 0.715. The topological polar surface area (TPSA) is 30.7 Å². The van der Waals surface area contributed by atoms with Crippen molar-refractivity contribution in [2.75, 3.05) is 0 Å². The molecule has 0 aliphatic heterocycles. The van der Waals surface area contributed by atoms with Crippen molar-refractivity contribution in [3.63, 3.8) is 0 Å². The maximum atomic E-state index is 5.11. The first-order valence-electron chi connectivity index (χ1n) is 15.3. The minimum atomic E-state index is 0.715. The second-order valence-corrected chi connectivity index (χ2v) is 11.4. The van der Waals surface area contributed by atoms with E-state index in [0.717, 1.165) is 33.8 Å². The molecule has 0 aliphatic rings. The van der Waals surface area contributed by atoms with Gasteiger partial charge in [0.05, 0.1) is 22.4 Å². The minimum Gasteiger partial charge on any atom is -0.309 e. The minimum absolute atomic E-state index is 0.715. The fraction of sp³-hybridized carbons (Fsp3) is 0. The number of rotatable bonds is 4. The standard InChI is InChI=1S/C42H27N3/c1-3-14-30(15-4-1)36-27-37(44-42(43-36)31-16-5-2-6-17-31)32-18-11-19-33(26-32)45-38-24-22-28-12-7-9-20-34(28)40(38)41-35-21-10-8-13-29(35)23-25-39(41)45/h1-27H. The van der Waals surface area contributed by atoms with Crippen molar-refractivity contribution in [1.82, 2.24) is 14.5 Å². The van der Waals surface area contributed by atoms with Gasteiger partial charge in [-0.15, -0.1) is 0 Å². The molecule has 2 heterocycles. The molecule has 9 aromatic rings. The van der Waals surface area contributed by atoms with Crippen LogP contribution >= 0.6 is 0 Å². The number of hydrogen-bond donors (Lipinski definition) is 0. The van der Waals surface area contributed by atoms with Crippen molar-refractivity contribution >= 4 is 43.4 Å². The highest BCUT2D eigenvalue weighted by atomic mass is 15.0. The molecule has 0 aliphatic carbocycles. The average molecular weight is 574 g/mol. The molecule has 2 aromatic heterocycles. The molecule has 0 radical (unpaired) electrons. The van der Waals surface area contributed by atoms with Gasteiger partial charge in [-0.05, 0) is 51.9 Å². The number of nitrogens with zero attached hydrogens (tertiary/aromatic N) is 3. The first kappa shape index (κ1) is 25.4. The third kappa shape index (κ3) is 4.21. The van der Waals surface area contributed by atoms with Crippen LogP contribution in [0.2, 0.25) is 0 Å². The fourth-order valence-electron chi connectivity index (χ4n) is 6.70. The summed E-state index contributed by atoms with van der Waals surface area (Å²) in [7, 11) is 0. The molecule has 0 spiro atoms. The molecule has 3 heteroatoms. The van der Waals surface area contributed by atoms with Crippen molar-refractivity contribution in [3.8, 4) is 39.6 Å². The van der Waals surface area contributed by atoms with E-state index in [2.05, 4.69) is 144 Å². The molecule has 0 N–H and O–H groups in total. The molecule has 7 aromatic carbocycles. The monoisotopic (exact) mass is 573 g/mol. The number of aromatic nitrogens is 3. The van der Waals surface area contributed by atoms with E-state index >= 15 is 0 Å². The Labute approximate surface area is 260 Å². The fourth-order valence-corrected chi connectivity index (χ4v) is 6.70. The predicted molar refractivity (Wildman–Crippen MR) is 188 cm³/mol. The van der Waals surface area contributed by atoms with Gasteiger partial charge in [0.15, 0.2) is 5.82 Å².